The van der Waals surface area contributed by atoms with Crippen LogP contribution < -0.4 is 14.8 Å². The summed E-state index contributed by atoms with van der Waals surface area (Å²) in [7, 11) is 3.32. The van der Waals surface area contributed by atoms with Gasteiger partial charge < -0.3 is 14.8 Å². The number of ether oxygens (including phenoxy) is 2. The molecule has 2 aromatic rings. The maximum Gasteiger partial charge on any atom is 0.165 e. The number of anilines is 1. The summed E-state index contributed by atoms with van der Waals surface area (Å²) in [5, 5.41) is 3.42. The highest BCUT2D eigenvalue weighted by atomic mass is 16.5. The molecule has 2 rings (SSSR count). The molecular weight excluding hydrogens is 250 g/mol. The molecule has 0 saturated heterocycles. The average Bonchev–Trinajstić information content (AvgIpc) is 2.47. The third kappa shape index (κ3) is 3.05. The van der Waals surface area contributed by atoms with Crippen LogP contribution in [0.2, 0.25) is 0 Å². The summed E-state index contributed by atoms with van der Waals surface area (Å²) in [6.07, 6.45) is 0. The van der Waals surface area contributed by atoms with Gasteiger partial charge in [-0.1, -0.05) is 18.2 Å². The Labute approximate surface area is 120 Å². The Hall–Kier alpha value is -2.16. The molecule has 20 heavy (non-hydrogen) atoms. The lowest BCUT2D eigenvalue weighted by atomic mass is 10.1. The van der Waals surface area contributed by atoms with Gasteiger partial charge in [0, 0.05) is 17.8 Å². The zero-order valence-electron chi connectivity index (χ0n) is 12.5. The summed E-state index contributed by atoms with van der Waals surface area (Å²) in [6, 6.07) is 12.3. The molecule has 0 spiro atoms. The summed E-state index contributed by atoms with van der Waals surface area (Å²) in [5.74, 6) is 1.54. The van der Waals surface area contributed by atoms with Crippen molar-refractivity contribution in [1.82, 2.24) is 0 Å². The van der Waals surface area contributed by atoms with E-state index >= 15 is 0 Å². The van der Waals surface area contributed by atoms with Crippen LogP contribution in [0.5, 0.6) is 11.5 Å². The quantitative estimate of drug-likeness (QED) is 0.893. The van der Waals surface area contributed by atoms with E-state index in [2.05, 4.69) is 37.4 Å². The minimum Gasteiger partial charge on any atom is -0.493 e. The maximum absolute atomic E-state index is 5.43. The van der Waals surface area contributed by atoms with Crippen molar-refractivity contribution in [3.05, 3.63) is 53.1 Å². The van der Waals surface area contributed by atoms with Crippen molar-refractivity contribution in [3.63, 3.8) is 0 Å². The van der Waals surface area contributed by atoms with Crippen molar-refractivity contribution in [1.29, 1.82) is 0 Å². The number of rotatable bonds is 5. The zero-order valence-corrected chi connectivity index (χ0v) is 12.5. The number of para-hydroxylation sites is 1. The van der Waals surface area contributed by atoms with Crippen molar-refractivity contribution in [3.8, 4) is 11.5 Å². The highest BCUT2D eigenvalue weighted by molar-refractivity contribution is 5.51. The molecule has 0 aliphatic heterocycles. The lowest BCUT2D eigenvalue weighted by Crippen LogP contribution is -2.03. The second kappa shape index (κ2) is 6.33. The third-order valence-electron chi connectivity index (χ3n) is 3.47. The Balaban J connectivity index is 2.16. The molecule has 0 amide bonds. The van der Waals surface area contributed by atoms with E-state index < -0.39 is 0 Å². The molecule has 0 bridgehead atoms. The molecule has 3 heteroatoms. The van der Waals surface area contributed by atoms with E-state index in [1.54, 1.807) is 14.2 Å². The molecule has 0 fully saturated rings. The molecule has 0 radical (unpaired) electrons. The van der Waals surface area contributed by atoms with Crippen LogP contribution in [0.4, 0.5) is 5.69 Å². The molecule has 0 saturated carbocycles. The third-order valence-corrected chi connectivity index (χ3v) is 3.47. The second-order valence-corrected chi connectivity index (χ2v) is 4.81. The van der Waals surface area contributed by atoms with Gasteiger partial charge >= 0.3 is 0 Å². The fraction of sp³-hybridized carbons (Fsp3) is 0.294. The molecule has 3 nitrogen and oxygen atoms in total. The van der Waals surface area contributed by atoms with Gasteiger partial charge in [-0.25, -0.2) is 0 Å². The molecule has 0 heterocycles. The number of nitrogens with one attached hydrogen (secondary N) is 1. The Morgan fingerprint density at radius 3 is 2.40 bits per heavy atom. The number of hydrogen-bond donors (Lipinski definition) is 1. The maximum atomic E-state index is 5.43. The SMILES string of the molecule is COc1cccc(CNc2ccc(C)c(C)c2)c1OC. The van der Waals surface area contributed by atoms with Gasteiger partial charge in [0.2, 0.25) is 0 Å². The summed E-state index contributed by atoms with van der Waals surface area (Å²) < 4.78 is 10.7. The number of benzene rings is 2. The molecule has 0 aromatic heterocycles. The molecule has 0 aliphatic carbocycles. The van der Waals surface area contributed by atoms with Gasteiger partial charge in [0.25, 0.3) is 0 Å². The Morgan fingerprint density at radius 2 is 1.75 bits per heavy atom. The highest BCUT2D eigenvalue weighted by Crippen LogP contribution is 2.31. The highest BCUT2D eigenvalue weighted by Gasteiger charge is 2.09. The van der Waals surface area contributed by atoms with Crippen LogP contribution >= 0.6 is 0 Å². The Morgan fingerprint density at radius 1 is 0.950 bits per heavy atom. The van der Waals surface area contributed by atoms with Crippen LogP contribution in [0.15, 0.2) is 36.4 Å². The topological polar surface area (TPSA) is 30.5 Å². The fourth-order valence-corrected chi connectivity index (χ4v) is 2.14. The van der Waals surface area contributed by atoms with Gasteiger partial charge in [0.1, 0.15) is 0 Å². The van der Waals surface area contributed by atoms with E-state index in [9.17, 15) is 0 Å². The van der Waals surface area contributed by atoms with Crippen LogP contribution in [0.3, 0.4) is 0 Å². The molecule has 0 atom stereocenters. The van der Waals surface area contributed by atoms with Crippen LogP contribution in [0, 0.1) is 13.8 Å². The van der Waals surface area contributed by atoms with E-state index in [4.69, 9.17) is 9.47 Å². The van der Waals surface area contributed by atoms with E-state index in [-0.39, 0.29) is 0 Å². The Kier molecular flexibility index (Phi) is 4.51. The van der Waals surface area contributed by atoms with E-state index in [0.29, 0.717) is 6.54 Å². The first-order valence-corrected chi connectivity index (χ1v) is 6.66. The van der Waals surface area contributed by atoms with Crippen LogP contribution in [-0.2, 0) is 6.54 Å². The van der Waals surface area contributed by atoms with Gasteiger partial charge in [-0.3, -0.25) is 0 Å². The summed E-state index contributed by atoms with van der Waals surface area (Å²) in [6.45, 7) is 4.93. The number of methoxy groups -OCH3 is 2. The molecule has 1 N–H and O–H groups in total. The zero-order chi connectivity index (χ0) is 14.5. The summed E-state index contributed by atoms with van der Waals surface area (Å²) >= 11 is 0. The number of aryl methyl sites for hydroxylation is 2. The van der Waals surface area contributed by atoms with Crippen LogP contribution in [0.25, 0.3) is 0 Å². The van der Waals surface area contributed by atoms with E-state index in [1.807, 2.05) is 18.2 Å². The van der Waals surface area contributed by atoms with Crippen LogP contribution in [0.1, 0.15) is 16.7 Å². The first-order chi connectivity index (χ1) is 9.65. The van der Waals surface area contributed by atoms with Crippen molar-refractivity contribution >= 4 is 5.69 Å². The fourth-order valence-electron chi connectivity index (χ4n) is 2.14. The molecule has 0 aliphatic rings. The van der Waals surface area contributed by atoms with Crippen molar-refractivity contribution in [2.75, 3.05) is 19.5 Å². The molecule has 106 valence electrons. The predicted molar refractivity (Wildman–Crippen MR) is 82.8 cm³/mol. The summed E-state index contributed by atoms with van der Waals surface area (Å²) in [5.41, 5.74) is 4.77. The normalized spacial score (nSPS) is 10.2. The van der Waals surface area contributed by atoms with Gasteiger partial charge in [-0.2, -0.15) is 0 Å². The minimum atomic E-state index is 0.697. The Bertz CT molecular complexity index is 594. The molecular formula is C17H21NO2. The van der Waals surface area contributed by atoms with Crippen molar-refractivity contribution in [2.45, 2.75) is 20.4 Å². The van der Waals surface area contributed by atoms with Crippen molar-refractivity contribution < 1.29 is 9.47 Å². The van der Waals surface area contributed by atoms with E-state index in [1.165, 1.54) is 11.1 Å². The van der Waals surface area contributed by atoms with Gasteiger partial charge in [0.05, 0.1) is 14.2 Å². The average molecular weight is 271 g/mol. The lowest BCUT2D eigenvalue weighted by Gasteiger charge is -2.14. The summed E-state index contributed by atoms with van der Waals surface area (Å²) in [4.78, 5) is 0. The monoisotopic (exact) mass is 271 g/mol. The number of hydrogen-bond acceptors (Lipinski definition) is 3. The first kappa shape index (κ1) is 14.3. The predicted octanol–water partition coefficient (Wildman–Crippen LogP) is 3.93. The molecule has 2 aromatic carbocycles. The molecule has 0 unspecified atom stereocenters. The minimum absolute atomic E-state index is 0.697. The second-order valence-electron chi connectivity index (χ2n) is 4.81. The van der Waals surface area contributed by atoms with Gasteiger partial charge in [-0.05, 0) is 43.2 Å². The smallest absolute Gasteiger partial charge is 0.165 e. The van der Waals surface area contributed by atoms with E-state index in [0.717, 1.165) is 22.7 Å². The van der Waals surface area contributed by atoms with Crippen LogP contribution in [-0.4, -0.2) is 14.2 Å². The lowest BCUT2D eigenvalue weighted by molar-refractivity contribution is 0.352. The van der Waals surface area contributed by atoms with Crippen molar-refractivity contribution in [2.24, 2.45) is 0 Å². The van der Waals surface area contributed by atoms with Gasteiger partial charge in [-0.15, -0.1) is 0 Å². The first-order valence-electron chi connectivity index (χ1n) is 6.66. The largest absolute Gasteiger partial charge is 0.493 e. The van der Waals surface area contributed by atoms with Gasteiger partial charge in [0.15, 0.2) is 11.5 Å². The standard InChI is InChI=1S/C17H21NO2/c1-12-8-9-15(10-13(12)2)18-11-14-6-5-7-16(19-3)17(14)20-4/h5-10,18H,11H2,1-4H3.